The van der Waals surface area contributed by atoms with Crippen LogP contribution in [0, 0.1) is 23.7 Å². The van der Waals surface area contributed by atoms with Crippen molar-refractivity contribution in [1.29, 1.82) is 0 Å². The molecular weight excluding hydrogens is 596 g/mol. The molecule has 2 aromatic rings. The molecule has 0 saturated carbocycles. The number of ketones is 1. The van der Waals surface area contributed by atoms with E-state index in [1.165, 1.54) is 0 Å². The van der Waals surface area contributed by atoms with E-state index in [4.69, 9.17) is 4.74 Å². The van der Waals surface area contributed by atoms with Gasteiger partial charge in [0.25, 0.3) is 0 Å². The number of Topliss-reactive ketones (excluding diaryl/α,β-unsaturated/α-hetero) is 1. The molecule has 0 fully saturated rings. The van der Waals surface area contributed by atoms with Crippen molar-refractivity contribution in [1.82, 2.24) is 15.5 Å². The van der Waals surface area contributed by atoms with Crippen molar-refractivity contribution >= 4 is 35.1 Å². The molecule has 0 spiro atoms. The Labute approximate surface area is 278 Å². The number of hydrogen-bond donors (Lipinski definition) is 2. The number of anilines is 1. The fourth-order valence-electron chi connectivity index (χ4n) is 4.91. The molecule has 1 aliphatic rings. The van der Waals surface area contributed by atoms with Gasteiger partial charge >= 0.3 is 0 Å². The first kappa shape index (κ1) is 37.0. The first-order valence-corrected chi connectivity index (χ1v) is 16.5. The zero-order valence-electron chi connectivity index (χ0n) is 28.1. The van der Waals surface area contributed by atoms with E-state index in [0.29, 0.717) is 39.1 Å². The zero-order valence-corrected chi connectivity index (χ0v) is 28.1. The van der Waals surface area contributed by atoms with Gasteiger partial charge in [0.05, 0.1) is 31.9 Å². The highest BCUT2D eigenvalue weighted by atomic mass is 16.5. The van der Waals surface area contributed by atoms with Gasteiger partial charge in [-0.05, 0) is 30.2 Å². The average Bonchev–Trinajstić information content (AvgIpc) is 3.04. The summed E-state index contributed by atoms with van der Waals surface area (Å²) in [5.41, 5.74) is 3.44. The van der Waals surface area contributed by atoms with Crippen molar-refractivity contribution in [2.24, 2.45) is 11.8 Å². The molecule has 10 heteroatoms. The third kappa shape index (κ3) is 12.3. The van der Waals surface area contributed by atoms with Gasteiger partial charge in [0, 0.05) is 68.4 Å². The molecule has 1 aliphatic heterocycles. The van der Waals surface area contributed by atoms with Crippen molar-refractivity contribution in [3.05, 3.63) is 65.2 Å². The SMILES string of the molecule is CC(C)C(=O)NCCN(CCNC(=O)C(C)C)C(=O)CCOCCC(=O)CCCC(=O)N1Cc2ccccc2C#Cc2ccccc21. The maximum atomic E-state index is 13.4. The maximum Gasteiger partial charge on any atom is 0.227 e. The van der Waals surface area contributed by atoms with Crippen LogP contribution < -0.4 is 15.5 Å². The van der Waals surface area contributed by atoms with E-state index in [9.17, 15) is 24.0 Å². The monoisotopic (exact) mass is 644 g/mol. The number of carbonyl (C=O) groups is 5. The third-order valence-corrected chi connectivity index (χ3v) is 7.77. The smallest absolute Gasteiger partial charge is 0.227 e. The van der Waals surface area contributed by atoms with Crippen LogP contribution in [-0.4, -0.2) is 73.7 Å². The van der Waals surface area contributed by atoms with Gasteiger partial charge in [0.1, 0.15) is 5.78 Å². The Kier molecular flexibility index (Phi) is 15.1. The lowest BCUT2D eigenvalue weighted by Crippen LogP contribution is -2.44. The number of rotatable bonds is 18. The summed E-state index contributed by atoms with van der Waals surface area (Å²) in [5, 5.41) is 5.62. The largest absolute Gasteiger partial charge is 0.380 e. The molecule has 252 valence electrons. The van der Waals surface area contributed by atoms with Crippen molar-refractivity contribution < 1.29 is 28.7 Å². The van der Waals surface area contributed by atoms with Gasteiger partial charge in [0.15, 0.2) is 0 Å². The quantitative estimate of drug-likeness (QED) is 0.188. The summed E-state index contributed by atoms with van der Waals surface area (Å²) in [6.07, 6.45) is 1.24. The molecule has 0 atom stereocenters. The minimum Gasteiger partial charge on any atom is -0.380 e. The van der Waals surface area contributed by atoms with Crippen LogP contribution in [0.4, 0.5) is 5.69 Å². The van der Waals surface area contributed by atoms with Crippen molar-refractivity contribution in [2.45, 2.75) is 66.3 Å². The van der Waals surface area contributed by atoms with Crippen LogP contribution in [0.1, 0.15) is 76.5 Å². The molecule has 0 aromatic heterocycles. The number of fused-ring (bicyclic) bond motifs is 2. The molecule has 2 N–H and O–H groups in total. The Bertz CT molecular complexity index is 1430. The molecule has 0 saturated heterocycles. The lowest BCUT2D eigenvalue weighted by Gasteiger charge is -2.26. The predicted octanol–water partition coefficient (Wildman–Crippen LogP) is 3.84. The number of nitrogens with zero attached hydrogens (tertiary/aromatic N) is 2. The van der Waals surface area contributed by atoms with Crippen LogP contribution in [0.3, 0.4) is 0 Å². The number of para-hydroxylation sites is 1. The molecule has 2 aromatic carbocycles. The van der Waals surface area contributed by atoms with E-state index in [1.807, 2.05) is 48.5 Å². The molecule has 0 aliphatic carbocycles. The fraction of sp³-hybridized carbons (Fsp3) is 0.486. The lowest BCUT2D eigenvalue weighted by atomic mass is 10.0. The minimum absolute atomic E-state index is 0.00294. The van der Waals surface area contributed by atoms with Crippen LogP contribution in [0.5, 0.6) is 0 Å². The van der Waals surface area contributed by atoms with Gasteiger partial charge in [-0.25, -0.2) is 0 Å². The first-order chi connectivity index (χ1) is 22.6. The summed E-state index contributed by atoms with van der Waals surface area (Å²) in [7, 11) is 0. The van der Waals surface area contributed by atoms with Crippen molar-refractivity contribution in [2.75, 3.05) is 44.3 Å². The fourth-order valence-corrected chi connectivity index (χ4v) is 4.91. The number of benzene rings is 2. The summed E-state index contributed by atoms with van der Waals surface area (Å²) in [6.45, 7) is 9.19. The molecule has 10 nitrogen and oxygen atoms in total. The predicted molar refractivity (Wildman–Crippen MR) is 181 cm³/mol. The zero-order chi connectivity index (χ0) is 34.2. The minimum atomic E-state index is -0.160. The van der Waals surface area contributed by atoms with Crippen molar-refractivity contribution in [3.8, 4) is 11.8 Å². The highest BCUT2D eigenvalue weighted by Gasteiger charge is 2.21. The van der Waals surface area contributed by atoms with Crippen molar-refractivity contribution in [3.63, 3.8) is 0 Å². The number of carbonyl (C=O) groups excluding carboxylic acids is 5. The molecule has 0 unspecified atom stereocenters. The van der Waals surface area contributed by atoms with Gasteiger partial charge in [0.2, 0.25) is 23.6 Å². The molecule has 0 radical (unpaired) electrons. The Balaban J connectivity index is 1.40. The summed E-state index contributed by atoms with van der Waals surface area (Å²) in [5.74, 6) is 5.69. The van der Waals surface area contributed by atoms with E-state index < -0.39 is 0 Å². The van der Waals surface area contributed by atoms with Gasteiger partial charge < -0.3 is 25.2 Å². The Morgan fingerprint density at radius 2 is 1.34 bits per heavy atom. The topological polar surface area (TPSA) is 125 Å². The van der Waals surface area contributed by atoms with Crippen LogP contribution in [0.15, 0.2) is 48.5 Å². The summed E-state index contributed by atoms with van der Waals surface area (Å²) in [4.78, 5) is 66.0. The lowest BCUT2D eigenvalue weighted by molar-refractivity contribution is -0.133. The highest BCUT2D eigenvalue weighted by Crippen LogP contribution is 2.26. The number of nitrogens with one attached hydrogen (secondary N) is 2. The first-order valence-electron chi connectivity index (χ1n) is 16.5. The summed E-state index contributed by atoms with van der Waals surface area (Å²) >= 11 is 0. The molecule has 4 amide bonds. The Morgan fingerprint density at radius 1 is 0.766 bits per heavy atom. The van der Waals surface area contributed by atoms with E-state index in [0.717, 1.165) is 22.4 Å². The molecule has 1 heterocycles. The van der Waals surface area contributed by atoms with Gasteiger partial charge in [-0.3, -0.25) is 24.0 Å². The van der Waals surface area contributed by atoms with Gasteiger partial charge in [-0.2, -0.15) is 0 Å². The Hall–Kier alpha value is -4.49. The second kappa shape index (κ2) is 19.2. The highest BCUT2D eigenvalue weighted by molar-refractivity contribution is 5.95. The second-order valence-electron chi connectivity index (χ2n) is 12.2. The third-order valence-electron chi connectivity index (χ3n) is 7.77. The van der Waals surface area contributed by atoms with E-state index in [-0.39, 0.29) is 80.1 Å². The van der Waals surface area contributed by atoms with Crippen LogP contribution >= 0.6 is 0 Å². The number of amides is 4. The summed E-state index contributed by atoms with van der Waals surface area (Å²) < 4.78 is 5.60. The standard InChI is InChI=1S/C37H48N4O6/c1-27(2)36(45)38-20-22-40(23-21-39-37(46)28(3)4)34(43)19-25-47-24-18-32(42)13-9-15-35(44)41-26-31-12-6-5-10-29(31)16-17-30-11-7-8-14-33(30)41/h5-8,10-12,14,27-28H,9,13,15,18-26H2,1-4H3,(H,38,45)(H,39,46). The molecule has 0 bridgehead atoms. The average molecular weight is 645 g/mol. The van der Waals surface area contributed by atoms with Crippen LogP contribution in [-0.2, 0) is 35.3 Å². The molecule has 47 heavy (non-hydrogen) atoms. The van der Waals surface area contributed by atoms with Crippen LogP contribution in [0.25, 0.3) is 0 Å². The van der Waals surface area contributed by atoms with Crippen LogP contribution in [0.2, 0.25) is 0 Å². The molecule has 3 rings (SSSR count). The normalized spacial score (nSPS) is 11.8. The van der Waals surface area contributed by atoms with E-state index >= 15 is 0 Å². The van der Waals surface area contributed by atoms with E-state index in [2.05, 4.69) is 22.5 Å². The van der Waals surface area contributed by atoms with E-state index in [1.54, 1.807) is 37.5 Å². The number of hydrogen-bond acceptors (Lipinski definition) is 6. The Morgan fingerprint density at radius 3 is 2.00 bits per heavy atom. The van der Waals surface area contributed by atoms with Gasteiger partial charge in [-0.15, -0.1) is 0 Å². The molecular formula is C37H48N4O6. The second-order valence-corrected chi connectivity index (χ2v) is 12.2. The number of ether oxygens (including phenoxy) is 1. The van der Waals surface area contributed by atoms with Gasteiger partial charge in [-0.1, -0.05) is 69.9 Å². The summed E-state index contributed by atoms with van der Waals surface area (Å²) in [6, 6.07) is 15.4. The maximum absolute atomic E-state index is 13.4.